The van der Waals surface area contributed by atoms with Crippen LogP contribution in [0, 0.1) is 5.82 Å². The van der Waals surface area contributed by atoms with Crippen molar-refractivity contribution in [2.45, 2.75) is 6.42 Å². The van der Waals surface area contributed by atoms with E-state index < -0.39 is 0 Å². The van der Waals surface area contributed by atoms with Crippen LogP contribution in [0.2, 0.25) is 0 Å². The zero-order valence-corrected chi connectivity index (χ0v) is 13.4. The molecule has 1 aromatic heterocycles. The van der Waals surface area contributed by atoms with Gasteiger partial charge in [-0.25, -0.2) is 4.39 Å². The number of carbonyl (C=O) groups is 1. The lowest BCUT2D eigenvalue weighted by molar-refractivity contribution is 0.0948. The monoisotopic (exact) mass is 336 g/mol. The largest absolute Gasteiger partial charge is 0.350 e. The van der Waals surface area contributed by atoms with Crippen LogP contribution < -0.4 is 10.6 Å². The molecule has 2 N–H and O–H groups in total. The summed E-state index contributed by atoms with van der Waals surface area (Å²) in [6.07, 6.45) is 0.749. The summed E-state index contributed by atoms with van der Waals surface area (Å²) in [6, 6.07) is 19.1. The van der Waals surface area contributed by atoms with Crippen LogP contribution in [0.5, 0.6) is 0 Å². The number of nitrogens with zero attached hydrogens (tertiary/aromatic N) is 2. The van der Waals surface area contributed by atoms with Gasteiger partial charge in [-0.15, -0.1) is 10.2 Å². The van der Waals surface area contributed by atoms with Gasteiger partial charge in [0.05, 0.1) is 0 Å². The minimum atomic E-state index is -0.340. The van der Waals surface area contributed by atoms with Crippen LogP contribution >= 0.6 is 0 Å². The summed E-state index contributed by atoms with van der Waals surface area (Å²) in [5, 5.41) is 13.6. The third kappa shape index (κ3) is 4.84. The highest BCUT2D eigenvalue weighted by molar-refractivity contribution is 5.92. The number of aromatic nitrogens is 2. The maximum atomic E-state index is 13.2. The fourth-order valence-electron chi connectivity index (χ4n) is 2.29. The van der Waals surface area contributed by atoms with Gasteiger partial charge in [-0.3, -0.25) is 4.79 Å². The molecule has 25 heavy (non-hydrogen) atoms. The van der Waals surface area contributed by atoms with Crippen LogP contribution in [-0.2, 0) is 6.42 Å². The third-order valence-electron chi connectivity index (χ3n) is 3.54. The summed E-state index contributed by atoms with van der Waals surface area (Å²) in [6.45, 7) is 0.522. The number of hydrogen-bond acceptors (Lipinski definition) is 4. The first-order valence-electron chi connectivity index (χ1n) is 7.89. The molecule has 0 saturated carbocycles. The zero-order valence-electron chi connectivity index (χ0n) is 13.4. The molecule has 2 aromatic carbocycles. The first-order valence-corrected chi connectivity index (χ1v) is 7.89. The summed E-state index contributed by atoms with van der Waals surface area (Å²) in [5.41, 5.74) is 1.95. The van der Waals surface area contributed by atoms with E-state index in [0.717, 1.165) is 12.0 Å². The number of amides is 1. The summed E-state index contributed by atoms with van der Waals surface area (Å²) >= 11 is 0. The van der Waals surface area contributed by atoms with Gasteiger partial charge in [0.2, 0.25) is 0 Å². The van der Waals surface area contributed by atoms with E-state index in [0.29, 0.717) is 18.1 Å². The molecule has 1 heterocycles. The Hall–Kier alpha value is -3.28. The van der Waals surface area contributed by atoms with E-state index >= 15 is 0 Å². The number of carbonyl (C=O) groups excluding carboxylic acids is 1. The molecule has 0 bridgehead atoms. The van der Waals surface area contributed by atoms with Crippen molar-refractivity contribution < 1.29 is 9.18 Å². The molecule has 0 spiro atoms. The van der Waals surface area contributed by atoms with Crippen LogP contribution in [0.25, 0.3) is 0 Å². The lowest BCUT2D eigenvalue weighted by atomic mass is 10.1. The lowest BCUT2D eigenvalue weighted by Crippen LogP contribution is -2.26. The topological polar surface area (TPSA) is 66.9 Å². The molecule has 3 aromatic rings. The normalized spacial score (nSPS) is 10.3. The molecule has 0 fully saturated rings. The third-order valence-corrected chi connectivity index (χ3v) is 3.54. The van der Waals surface area contributed by atoms with Gasteiger partial charge >= 0.3 is 0 Å². The second kappa shape index (κ2) is 8.01. The minimum Gasteiger partial charge on any atom is -0.350 e. The van der Waals surface area contributed by atoms with E-state index in [-0.39, 0.29) is 17.4 Å². The Morgan fingerprint density at radius 2 is 1.80 bits per heavy atom. The van der Waals surface area contributed by atoms with Crippen molar-refractivity contribution in [1.82, 2.24) is 15.5 Å². The second-order valence-corrected chi connectivity index (χ2v) is 5.43. The average Bonchev–Trinajstić information content (AvgIpc) is 2.63. The molecule has 6 heteroatoms. The Kier molecular flexibility index (Phi) is 5.31. The van der Waals surface area contributed by atoms with Crippen molar-refractivity contribution >= 4 is 17.4 Å². The van der Waals surface area contributed by atoms with Crippen molar-refractivity contribution in [3.05, 3.63) is 83.8 Å². The van der Waals surface area contributed by atoms with E-state index in [1.54, 1.807) is 24.3 Å². The number of anilines is 2. The van der Waals surface area contributed by atoms with Gasteiger partial charge in [0.15, 0.2) is 11.5 Å². The number of benzene rings is 2. The van der Waals surface area contributed by atoms with Crippen LogP contribution in [0.15, 0.2) is 66.7 Å². The molecular formula is C19H17FN4O. The molecule has 0 radical (unpaired) electrons. The van der Waals surface area contributed by atoms with Gasteiger partial charge in [-0.1, -0.05) is 36.4 Å². The van der Waals surface area contributed by atoms with Crippen molar-refractivity contribution in [1.29, 1.82) is 0 Å². The van der Waals surface area contributed by atoms with Gasteiger partial charge in [0.25, 0.3) is 5.91 Å². The maximum Gasteiger partial charge on any atom is 0.271 e. The summed E-state index contributed by atoms with van der Waals surface area (Å²) in [5.74, 6) is -0.181. The van der Waals surface area contributed by atoms with E-state index in [1.807, 2.05) is 30.3 Å². The fraction of sp³-hybridized carbons (Fsp3) is 0.105. The van der Waals surface area contributed by atoms with Crippen molar-refractivity contribution in [3.8, 4) is 0 Å². The Morgan fingerprint density at radius 3 is 2.52 bits per heavy atom. The summed E-state index contributed by atoms with van der Waals surface area (Å²) in [7, 11) is 0. The standard InChI is InChI=1S/C19H17FN4O/c20-15-7-4-8-16(13-15)22-18-10-9-17(23-24-18)19(25)21-12-11-14-5-2-1-3-6-14/h1-10,13H,11-12H2,(H,21,25)(H,22,24). The number of halogens is 1. The molecular weight excluding hydrogens is 319 g/mol. The van der Waals surface area contributed by atoms with Crippen molar-refractivity contribution in [3.63, 3.8) is 0 Å². The molecule has 0 aliphatic rings. The molecule has 3 rings (SSSR count). The Bertz CT molecular complexity index is 838. The minimum absolute atomic E-state index is 0.234. The number of rotatable bonds is 6. The van der Waals surface area contributed by atoms with Gasteiger partial charge in [0.1, 0.15) is 5.82 Å². The van der Waals surface area contributed by atoms with Gasteiger partial charge < -0.3 is 10.6 Å². The van der Waals surface area contributed by atoms with E-state index in [9.17, 15) is 9.18 Å². The highest BCUT2D eigenvalue weighted by Crippen LogP contribution is 2.14. The van der Waals surface area contributed by atoms with E-state index in [4.69, 9.17) is 0 Å². The quantitative estimate of drug-likeness (QED) is 0.724. The number of hydrogen-bond donors (Lipinski definition) is 2. The molecule has 1 amide bonds. The smallest absolute Gasteiger partial charge is 0.271 e. The van der Waals surface area contributed by atoms with Crippen LogP contribution in [0.4, 0.5) is 15.9 Å². The Labute approximate surface area is 144 Å². The highest BCUT2D eigenvalue weighted by Gasteiger charge is 2.08. The lowest BCUT2D eigenvalue weighted by Gasteiger charge is -2.07. The fourth-order valence-corrected chi connectivity index (χ4v) is 2.29. The SMILES string of the molecule is O=C(NCCc1ccccc1)c1ccc(Nc2cccc(F)c2)nn1. The number of nitrogens with one attached hydrogen (secondary N) is 2. The summed E-state index contributed by atoms with van der Waals surface area (Å²) < 4.78 is 13.2. The first kappa shape index (κ1) is 16.6. The van der Waals surface area contributed by atoms with E-state index in [1.165, 1.54) is 12.1 Å². The second-order valence-electron chi connectivity index (χ2n) is 5.43. The molecule has 126 valence electrons. The zero-order chi connectivity index (χ0) is 17.5. The first-order chi connectivity index (χ1) is 12.2. The van der Waals surface area contributed by atoms with E-state index in [2.05, 4.69) is 20.8 Å². The van der Waals surface area contributed by atoms with Gasteiger partial charge in [-0.05, 0) is 42.3 Å². The molecule has 0 aliphatic carbocycles. The molecule has 0 unspecified atom stereocenters. The van der Waals surface area contributed by atoms with Crippen LogP contribution in [0.3, 0.4) is 0 Å². The van der Waals surface area contributed by atoms with Gasteiger partial charge in [-0.2, -0.15) is 0 Å². The Balaban J connectivity index is 1.53. The Morgan fingerprint density at radius 1 is 0.960 bits per heavy atom. The summed E-state index contributed by atoms with van der Waals surface area (Å²) in [4.78, 5) is 12.1. The van der Waals surface area contributed by atoms with Crippen molar-refractivity contribution in [2.24, 2.45) is 0 Å². The maximum absolute atomic E-state index is 13.2. The van der Waals surface area contributed by atoms with Crippen molar-refractivity contribution in [2.75, 3.05) is 11.9 Å². The van der Waals surface area contributed by atoms with Crippen LogP contribution in [-0.4, -0.2) is 22.6 Å². The predicted molar refractivity (Wildman–Crippen MR) is 94.2 cm³/mol. The molecule has 0 aliphatic heterocycles. The highest BCUT2D eigenvalue weighted by atomic mass is 19.1. The van der Waals surface area contributed by atoms with Crippen LogP contribution in [0.1, 0.15) is 16.1 Å². The molecule has 0 atom stereocenters. The van der Waals surface area contributed by atoms with Gasteiger partial charge in [0, 0.05) is 12.2 Å². The predicted octanol–water partition coefficient (Wildman–Crippen LogP) is 3.33. The molecule has 0 saturated heterocycles. The average molecular weight is 336 g/mol. The molecule has 5 nitrogen and oxygen atoms in total.